The average Bonchev–Trinajstić information content (AvgIpc) is 2.81. The van der Waals surface area contributed by atoms with Crippen LogP contribution in [-0.4, -0.2) is 4.73 Å². The van der Waals surface area contributed by atoms with Gasteiger partial charge in [-0.3, -0.25) is 0 Å². The maximum absolute atomic E-state index is 5.71. The summed E-state index contributed by atoms with van der Waals surface area (Å²) < 4.78 is 1.70. The Balaban J connectivity index is 1.82. The van der Waals surface area contributed by atoms with Crippen LogP contribution in [0.15, 0.2) is 60.7 Å². The molecule has 3 rings (SSSR count). The lowest BCUT2D eigenvalue weighted by molar-refractivity contribution is 0.106. The number of para-hydroxylation sites is 1. The molecule has 0 fully saturated rings. The number of benzene rings is 2. The summed E-state index contributed by atoms with van der Waals surface area (Å²) in [6.07, 6.45) is 3.08. The molecule has 0 N–H and O–H groups in total. The number of hydrogen-bond acceptors (Lipinski definition) is 1. The Kier molecular flexibility index (Phi) is 2.54. The average molecular weight is 222 g/mol. The standard InChI is InChI=1S/C15H12NO/c1-2-6-13(7-3-1)12-17-16-11-10-14-8-4-5-9-15(14)16/h1-10H,12H2. The number of rotatable bonds is 3. The predicted molar refractivity (Wildman–Crippen MR) is 67.5 cm³/mol. The first kappa shape index (κ1) is 9.97. The van der Waals surface area contributed by atoms with E-state index in [2.05, 4.69) is 6.20 Å². The van der Waals surface area contributed by atoms with E-state index in [4.69, 9.17) is 4.84 Å². The molecule has 2 heteroatoms. The summed E-state index contributed by atoms with van der Waals surface area (Å²) in [5.74, 6) is 0. The zero-order valence-corrected chi connectivity index (χ0v) is 9.34. The molecule has 0 saturated heterocycles. The summed E-state index contributed by atoms with van der Waals surface area (Å²) in [4.78, 5) is 5.71. The molecule has 83 valence electrons. The second kappa shape index (κ2) is 4.34. The van der Waals surface area contributed by atoms with Gasteiger partial charge in [0, 0.05) is 5.39 Å². The van der Waals surface area contributed by atoms with E-state index in [1.165, 1.54) is 0 Å². The fourth-order valence-corrected chi connectivity index (χ4v) is 1.81. The van der Waals surface area contributed by atoms with E-state index in [-0.39, 0.29) is 0 Å². The number of nitrogens with zero attached hydrogens (tertiary/aromatic N) is 1. The second-order valence-corrected chi connectivity index (χ2v) is 3.89. The summed E-state index contributed by atoms with van der Waals surface area (Å²) in [6.45, 7) is 0.552. The lowest BCUT2D eigenvalue weighted by Gasteiger charge is -2.07. The smallest absolute Gasteiger partial charge is 0.140 e. The monoisotopic (exact) mass is 222 g/mol. The van der Waals surface area contributed by atoms with Crippen molar-refractivity contribution < 1.29 is 4.84 Å². The fraction of sp³-hybridized carbons (Fsp3) is 0.0667. The maximum atomic E-state index is 5.71. The molecule has 17 heavy (non-hydrogen) atoms. The van der Waals surface area contributed by atoms with Crippen LogP contribution in [0.2, 0.25) is 0 Å². The van der Waals surface area contributed by atoms with Crippen LogP contribution < -0.4 is 4.84 Å². The summed E-state index contributed by atoms with van der Waals surface area (Å²) in [6, 6.07) is 20.1. The molecule has 0 saturated carbocycles. The van der Waals surface area contributed by atoms with Crippen molar-refractivity contribution in [3.05, 3.63) is 72.4 Å². The summed E-state index contributed by atoms with van der Waals surface area (Å²) in [7, 11) is 0. The van der Waals surface area contributed by atoms with Crippen LogP contribution in [0.4, 0.5) is 0 Å². The molecule has 1 aromatic heterocycles. The first-order valence-electron chi connectivity index (χ1n) is 5.59. The van der Waals surface area contributed by atoms with Gasteiger partial charge < -0.3 is 4.84 Å². The van der Waals surface area contributed by atoms with E-state index in [1.807, 2.05) is 60.7 Å². The molecular formula is C15H12NO. The summed E-state index contributed by atoms with van der Waals surface area (Å²) >= 11 is 0. The minimum Gasteiger partial charge on any atom is -0.408 e. The number of hydrogen-bond donors (Lipinski definition) is 0. The van der Waals surface area contributed by atoms with Crippen molar-refractivity contribution in [3.63, 3.8) is 0 Å². The van der Waals surface area contributed by atoms with Crippen molar-refractivity contribution in [1.29, 1.82) is 0 Å². The van der Waals surface area contributed by atoms with Gasteiger partial charge in [-0.2, -0.15) is 4.73 Å². The van der Waals surface area contributed by atoms with Crippen molar-refractivity contribution in [2.75, 3.05) is 0 Å². The van der Waals surface area contributed by atoms with Gasteiger partial charge in [-0.25, -0.2) is 0 Å². The third-order valence-corrected chi connectivity index (χ3v) is 2.70. The van der Waals surface area contributed by atoms with Crippen molar-refractivity contribution >= 4 is 10.9 Å². The maximum Gasteiger partial charge on any atom is 0.140 e. The molecule has 1 heterocycles. The first-order chi connectivity index (χ1) is 8.43. The second-order valence-electron chi connectivity index (χ2n) is 3.89. The van der Waals surface area contributed by atoms with Crippen LogP contribution in [-0.2, 0) is 6.61 Å². The van der Waals surface area contributed by atoms with Gasteiger partial charge in [0.2, 0.25) is 0 Å². The SMILES string of the molecule is [c]1cc2ccccc2n1OCc1ccccc1. The Morgan fingerprint density at radius 1 is 0.941 bits per heavy atom. The Bertz CT molecular complexity index is 613. The molecule has 0 spiro atoms. The topological polar surface area (TPSA) is 14.2 Å². The minimum atomic E-state index is 0.552. The zero-order valence-electron chi connectivity index (χ0n) is 9.34. The summed E-state index contributed by atoms with van der Waals surface area (Å²) in [5.41, 5.74) is 2.20. The van der Waals surface area contributed by atoms with Crippen LogP contribution >= 0.6 is 0 Å². The van der Waals surface area contributed by atoms with Crippen molar-refractivity contribution in [2.24, 2.45) is 0 Å². The van der Waals surface area contributed by atoms with Crippen LogP contribution in [0.3, 0.4) is 0 Å². The van der Waals surface area contributed by atoms with Crippen molar-refractivity contribution in [2.45, 2.75) is 6.61 Å². The Morgan fingerprint density at radius 2 is 1.71 bits per heavy atom. The first-order valence-corrected chi connectivity index (χ1v) is 5.59. The van der Waals surface area contributed by atoms with E-state index in [1.54, 1.807) is 4.73 Å². The molecule has 1 radical (unpaired) electrons. The molecule has 0 amide bonds. The molecule has 0 bridgehead atoms. The van der Waals surface area contributed by atoms with Crippen LogP contribution in [0.5, 0.6) is 0 Å². The number of fused-ring (bicyclic) bond motifs is 1. The third kappa shape index (κ3) is 2.02. The highest BCUT2D eigenvalue weighted by molar-refractivity contribution is 5.79. The van der Waals surface area contributed by atoms with Crippen molar-refractivity contribution in [1.82, 2.24) is 4.73 Å². The molecule has 0 aliphatic carbocycles. The lowest BCUT2D eigenvalue weighted by Crippen LogP contribution is -2.09. The summed E-state index contributed by atoms with van der Waals surface area (Å²) in [5, 5.41) is 1.14. The molecule has 2 aromatic carbocycles. The lowest BCUT2D eigenvalue weighted by atomic mass is 10.2. The zero-order chi connectivity index (χ0) is 11.5. The van der Waals surface area contributed by atoms with Crippen molar-refractivity contribution in [3.8, 4) is 0 Å². The molecule has 3 aromatic rings. The van der Waals surface area contributed by atoms with E-state index < -0.39 is 0 Å². The van der Waals surface area contributed by atoms with Crippen LogP contribution in [0, 0.1) is 6.20 Å². The van der Waals surface area contributed by atoms with E-state index in [0.717, 1.165) is 16.5 Å². The molecule has 0 atom stereocenters. The van der Waals surface area contributed by atoms with Crippen LogP contribution in [0.1, 0.15) is 5.56 Å². The van der Waals surface area contributed by atoms with Gasteiger partial charge in [-0.15, -0.1) is 0 Å². The molecule has 2 nitrogen and oxygen atoms in total. The van der Waals surface area contributed by atoms with Gasteiger partial charge in [0.15, 0.2) is 0 Å². The van der Waals surface area contributed by atoms with Gasteiger partial charge in [-0.1, -0.05) is 48.5 Å². The van der Waals surface area contributed by atoms with E-state index >= 15 is 0 Å². The largest absolute Gasteiger partial charge is 0.408 e. The minimum absolute atomic E-state index is 0.552. The normalized spacial score (nSPS) is 10.6. The van der Waals surface area contributed by atoms with Gasteiger partial charge in [0.05, 0.1) is 5.52 Å². The highest BCUT2D eigenvalue weighted by atomic mass is 16.7. The molecule has 0 aliphatic rings. The van der Waals surface area contributed by atoms with Gasteiger partial charge >= 0.3 is 0 Å². The van der Waals surface area contributed by atoms with Crippen LogP contribution in [0.25, 0.3) is 10.9 Å². The molecule has 0 aliphatic heterocycles. The Labute approximate surface area is 100 Å². The Hall–Kier alpha value is -2.22. The third-order valence-electron chi connectivity index (χ3n) is 2.70. The quantitative estimate of drug-likeness (QED) is 0.664. The molecule has 0 unspecified atom stereocenters. The fourth-order valence-electron chi connectivity index (χ4n) is 1.81. The molecular weight excluding hydrogens is 210 g/mol. The van der Waals surface area contributed by atoms with E-state index in [0.29, 0.717) is 6.61 Å². The van der Waals surface area contributed by atoms with Gasteiger partial charge in [0.1, 0.15) is 12.8 Å². The highest BCUT2D eigenvalue weighted by Gasteiger charge is 2.00. The van der Waals surface area contributed by atoms with E-state index in [9.17, 15) is 0 Å². The number of aromatic nitrogens is 1. The highest BCUT2D eigenvalue weighted by Crippen LogP contribution is 2.13. The van der Waals surface area contributed by atoms with Gasteiger partial charge in [-0.05, 0) is 17.7 Å². The predicted octanol–water partition coefficient (Wildman–Crippen LogP) is 3.07. The Morgan fingerprint density at radius 3 is 2.59 bits per heavy atom. The van der Waals surface area contributed by atoms with Gasteiger partial charge in [0.25, 0.3) is 0 Å².